The minimum absolute atomic E-state index is 0.428. The second-order valence-corrected chi connectivity index (χ2v) is 2.55. The molecule has 4 heteroatoms. The van der Waals surface area contributed by atoms with Crippen LogP contribution in [0.25, 0.3) is 0 Å². The summed E-state index contributed by atoms with van der Waals surface area (Å²) in [4.78, 5) is 12.6. The molecule has 12 heavy (non-hydrogen) atoms. The first-order valence-electron chi connectivity index (χ1n) is 4.10. The first-order chi connectivity index (χ1) is 5.70. The second-order valence-electron chi connectivity index (χ2n) is 2.55. The van der Waals surface area contributed by atoms with Crippen LogP contribution in [0.3, 0.4) is 0 Å². The van der Waals surface area contributed by atoms with E-state index >= 15 is 0 Å². The van der Waals surface area contributed by atoms with E-state index in [-0.39, 0.29) is 0 Å². The normalized spacial score (nSPS) is 10.0. The van der Waals surface area contributed by atoms with Gasteiger partial charge in [-0.2, -0.15) is 0 Å². The number of rotatable bonds is 5. The van der Waals surface area contributed by atoms with Crippen molar-refractivity contribution in [2.75, 3.05) is 33.9 Å². The summed E-state index contributed by atoms with van der Waals surface area (Å²) < 4.78 is 9.01. The number of hydrogen-bond donors (Lipinski definition) is 0. The average Bonchev–Trinajstić information content (AvgIpc) is 2.11. The molecule has 0 radical (unpaired) electrons. The van der Waals surface area contributed by atoms with E-state index in [9.17, 15) is 4.79 Å². The zero-order chi connectivity index (χ0) is 9.40. The number of methoxy groups -OCH3 is 1. The van der Waals surface area contributed by atoms with Crippen molar-refractivity contribution in [1.29, 1.82) is 0 Å². The van der Waals surface area contributed by atoms with E-state index in [0.29, 0.717) is 6.61 Å². The van der Waals surface area contributed by atoms with Crippen molar-refractivity contribution in [1.82, 2.24) is 4.90 Å². The van der Waals surface area contributed by atoms with Gasteiger partial charge in [0.25, 0.3) is 0 Å². The Morgan fingerprint density at radius 2 is 2.17 bits per heavy atom. The van der Waals surface area contributed by atoms with Crippen LogP contribution in [0.4, 0.5) is 4.79 Å². The molecule has 0 aliphatic carbocycles. The molecule has 0 aliphatic rings. The molecule has 0 heterocycles. The van der Waals surface area contributed by atoms with Crippen molar-refractivity contribution >= 4 is 6.16 Å². The molecule has 0 fully saturated rings. The largest absolute Gasteiger partial charge is 0.507 e. The first kappa shape index (κ1) is 11.2. The Kier molecular flexibility index (Phi) is 6.47. The SMILES string of the molecule is CCN(C)CCCOC(=O)OC. The lowest BCUT2D eigenvalue weighted by molar-refractivity contribution is 0.0699. The summed E-state index contributed by atoms with van der Waals surface area (Å²) in [5, 5.41) is 0. The minimum atomic E-state index is -0.603. The number of nitrogens with zero attached hydrogens (tertiary/aromatic N) is 1. The lowest BCUT2D eigenvalue weighted by atomic mass is 10.4. The van der Waals surface area contributed by atoms with Gasteiger partial charge < -0.3 is 14.4 Å². The molecular weight excluding hydrogens is 158 g/mol. The summed E-state index contributed by atoms with van der Waals surface area (Å²) in [7, 11) is 3.33. The summed E-state index contributed by atoms with van der Waals surface area (Å²) in [6.45, 7) is 4.46. The van der Waals surface area contributed by atoms with Crippen LogP contribution < -0.4 is 0 Å². The van der Waals surface area contributed by atoms with Gasteiger partial charge in [0.1, 0.15) is 0 Å². The molecule has 0 saturated heterocycles. The molecule has 4 nitrogen and oxygen atoms in total. The number of carbonyl (C=O) groups excluding carboxylic acids is 1. The van der Waals surface area contributed by atoms with Gasteiger partial charge in [0.2, 0.25) is 0 Å². The Bertz CT molecular complexity index is 127. The van der Waals surface area contributed by atoms with Crippen molar-refractivity contribution < 1.29 is 14.3 Å². The summed E-state index contributed by atoms with van der Waals surface area (Å²) in [6, 6.07) is 0. The van der Waals surface area contributed by atoms with Crippen LogP contribution in [-0.2, 0) is 9.47 Å². The summed E-state index contributed by atoms with van der Waals surface area (Å²) in [6.07, 6.45) is 0.244. The highest BCUT2D eigenvalue weighted by molar-refractivity contribution is 5.59. The molecule has 0 spiro atoms. The number of carbonyl (C=O) groups is 1. The van der Waals surface area contributed by atoms with E-state index in [1.165, 1.54) is 7.11 Å². The molecule has 72 valence electrons. The molecule has 0 rings (SSSR count). The standard InChI is InChI=1S/C8H17NO3/c1-4-9(2)6-5-7-12-8(10)11-3/h4-7H2,1-3H3. The van der Waals surface area contributed by atoms with Crippen LogP contribution in [0.5, 0.6) is 0 Å². The molecule has 0 unspecified atom stereocenters. The number of ether oxygens (including phenoxy) is 2. The monoisotopic (exact) mass is 175 g/mol. The third kappa shape index (κ3) is 5.97. The molecule has 0 aromatic heterocycles. The van der Waals surface area contributed by atoms with E-state index in [4.69, 9.17) is 4.74 Å². The third-order valence-corrected chi connectivity index (χ3v) is 1.61. The lowest BCUT2D eigenvalue weighted by Gasteiger charge is -2.12. The Morgan fingerprint density at radius 1 is 1.50 bits per heavy atom. The Labute approximate surface area is 73.4 Å². The fourth-order valence-electron chi connectivity index (χ4n) is 0.707. The first-order valence-corrected chi connectivity index (χ1v) is 4.10. The van der Waals surface area contributed by atoms with Gasteiger partial charge in [-0.05, 0) is 20.0 Å². The van der Waals surface area contributed by atoms with Gasteiger partial charge in [-0.15, -0.1) is 0 Å². The smallest absolute Gasteiger partial charge is 0.438 e. The Balaban J connectivity index is 3.15. The van der Waals surface area contributed by atoms with Gasteiger partial charge in [0.15, 0.2) is 0 Å². The van der Waals surface area contributed by atoms with Crippen molar-refractivity contribution in [2.45, 2.75) is 13.3 Å². The quantitative estimate of drug-likeness (QED) is 0.463. The zero-order valence-corrected chi connectivity index (χ0v) is 8.00. The minimum Gasteiger partial charge on any atom is -0.438 e. The fourth-order valence-corrected chi connectivity index (χ4v) is 0.707. The Hall–Kier alpha value is -0.770. The number of hydrogen-bond acceptors (Lipinski definition) is 4. The zero-order valence-electron chi connectivity index (χ0n) is 8.00. The fraction of sp³-hybridized carbons (Fsp3) is 0.875. The maximum atomic E-state index is 10.5. The van der Waals surface area contributed by atoms with Crippen LogP contribution in [0.15, 0.2) is 0 Å². The molecule has 0 atom stereocenters. The van der Waals surface area contributed by atoms with Crippen molar-refractivity contribution in [2.24, 2.45) is 0 Å². The van der Waals surface area contributed by atoms with Crippen LogP contribution in [0, 0.1) is 0 Å². The molecule has 0 bridgehead atoms. The molecule has 0 saturated carbocycles. The highest BCUT2D eigenvalue weighted by Gasteiger charge is 1.99. The highest BCUT2D eigenvalue weighted by atomic mass is 16.7. The molecule has 0 aliphatic heterocycles. The van der Waals surface area contributed by atoms with E-state index in [1.807, 2.05) is 7.05 Å². The Morgan fingerprint density at radius 3 is 2.67 bits per heavy atom. The van der Waals surface area contributed by atoms with Gasteiger partial charge in [-0.1, -0.05) is 6.92 Å². The van der Waals surface area contributed by atoms with Crippen LogP contribution >= 0.6 is 0 Å². The summed E-state index contributed by atoms with van der Waals surface area (Å²) in [5.41, 5.74) is 0. The second kappa shape index (κ2) is 6.91. The molecule has 0 amide bonds. The maximum absolute atomic E-state index is 10.5. The average molecular weight is 175 g/mol. The maximum Gasteiger partial charge on any atom is 0.507 e. The van der Waals surface area contributed by atoms with Gasteiger partial charge in [-0.3, -0.25) is 0 Å². The van der Waals surface area contributed by atoms with E-state index in [1.54, 1.807) is 0 Å². The topological polar surface area (TPSA) is 38.8 Å². The molecule has 0 aromatic carbocycles. The van der Waals surface area contributed by atoms with Crippen molar-refractivity contribution in [3.05, 3.63) is 0 Å². The van der Waals surface area contributed by atoms with E-state index in [0.717, 1.165) is 19.5 Å². The van der Waals surface area contributed by atoms with Gasteiger partial charge >= 0.3 is 6.16 Å². The predicted molar refractivity (Wildman–Crippen MR) is 46.1 cm³/mol. The van der Waals surface area contributed by atoms with Gasteiger partial charge in [0.05, 0.1) is 13.7 Å². The van der Waals surface area contributed by atoms with Gasteiger partial charge in [0, 0.05) is 6.54 Å². The van der Waals surface area contributed by atoms with Crippen LogP contribution in [0.1, 0.15) is 13.3 Å². The lowest BCUT2D eigenvalue weighted by Crippen LogP contribution is -2.20. The van der Waals surface area contributed by atoms with Crippen molar-refractivity contribution in [3.8, 4) is 0 Å². The van der Waals surface area contributed by atoms with Crippen LogP contribution in [-0.4, -0.2) is 44.9 Å². The molecular formula is C8H17NO3. The molecule has 0 aromatic rings. The van der Waals surface area contributed by atoms with E-state index < -0.39 is 6.16 Å². The van der Waals surface area contributed by atoms with E-state index in [2.05, 4.69) is 16.6 Å². The summed E-state index contributed by atoms with van der Waals surface area (Å²) in [5.74, 6) is 0. The highest BCUT2D eigenvalue weighted by Crippen LogP contribution is 1.89. The third-order valence-electron chi connectivity index (χ3n) is 1.61. The summed E-state index contributed by atoms with van der Waals surface area (Å²) >= 11 is 0. The van der Waals surface area contributed by atoms with Crippen LogP contribution in [0.2, 0.25) is 0 Å². The predicted octanol–water partition coefficient (Wildman–Crippen LogP) is 1.11. The molecule has 0 N–H and O–H groups in total. The van der Waals surface area contributed by atoms with Crippen molar-refractivity contribution in [3.63, 3.8) is 0 Å². The van der Waals surface area contributed by atoms with Gasteiger partial charge in [-0.25, -0.2) is 4.79 Å².